The minimum absolute atomic E-state index is 0.271. The highest BCUT2D eigenvalue weighted by Gasteiger charge is 2.22. The third-order valence-electron chi connectivity index (χ3n) is 3.29. The fourth-order valence-corrected chi connectivity index (χ4v) is 2.15. The summed E-state index contributed by atoms with van der Waals surface area (Å²) in [5, 5.41) is 2.75. The van der Waals surface area contributed by atoms with Crippen molar-refractivity contribution in [3.63, 3.8) is 0 Å². The quantitative estimate of drug-likeness (QED) is 0.877. The number of hydrogen-bond donors (Lipinski definition) is 1. The molecule has 0 aliphatic carbocycles. The van der Waals surface area contributed by atoms with Crippen molar-refractivity contribution < 1.29 is 14.3 Å². The van der Waals surface area contributed by atoms with Gasteiger partial charge >= 0.3 is 0 Å². The lowest BCUT2D eigenvalue weighted by Crippen LogP contribution is -2.24. The third kappa shape index (κ3) is 3.21. The number of benzene rings is 1. The second-order valence-electron chi connectivity index (χ2n) is 4.80. The largest absolute Gasteiger partial charge is 0.497 e. The molecule has 6 nitrogen and oxygen atoms in total. The van der Waals surface area contributed by atoms with Crippen LogP contribution in [0.3, 0.4) is 0 Å². The number of methoxy groups -OCH3 is 2. The molecule has 116 valence electrons. The van der Waals surface area contributed by atoms with E-state index in [0.717, 1.165) is 0 Å². The summed E-state index contributed by atoms with van der Waals surface area (Å²) in [5.41, 5.74) is 1.69. The summed E-state index contributed by atoms with van der Waals surface area (Å²) >= 11 is 0. The number of pyridine rings is 1. The van der Waals surface area contributed by atoms with Gasteiger partial charge in [-0.1, -0.05) is 6.07 Å². The molecule has 0 radical (unpaired) electrons. The van der Waals surface area contributed by atoms with Crippen molar-refractivity contribution in [1.29, 1.82) is 0 Å². The molecule has 3 rings (SSSR count). The Kier molecular flexibility index (Phi) is 4.05. The second kappa shape index (κ2) is 6.31. The Labute approximate surface area is 133 Å². The first-order valence-corrected chi connectivity index (χ1v) is 6.96. The van der Waals surface area contributed by atoms with Crippen LogP contribution in [-0.4, -0.2) is 30.9 Å². The van der Waals surface area contributed by atoms with Gasteiger partial charge in [-0.25, -0.2) is 4.99 Å². The normalized spacial score (nSPS) is 15.3. The maximum absolute atomic E-state index is 12.1. The second-order valence-corrected chi connectivity index (χ2v) is 4.80. The highest BCUT2D eigenvalue weighted by atomic mass is 16.5. The van der Waals surface area contributed by atoms with Gasteiger partial charge in [0, 0.05) is 17.8 Å². The summed E-state index contributed by atoms with van der Waals surface area (Å²) in [6, 6.07) is 10.8. The minimum Gasteiger partial charge on any atom is -0.497 e. The Morgan fingerprint density at radius 1 is 1.09 bits per heavy atom. The van der Waals surface area contributed by atoms with E-state index in [-0.39, 0.29) is 5.91 Å². The van der Waals surface area contributed by atoms with E-state index in [9.17, 15) is 4.79 Å². The molecule has 0 fully saturated rings. The molecule has 1 aliphatic rings. The molecule has 1 amide bonds. The highest BCUT2D eigenvalue weighted by Crippen LogP contribution is 2.24. The van der Waals surface area contributed by atoms with Gasteiger partial charge in [-0.2, -0.15) is 0 Å². The molecule has 0 saturated carbocycles. The lowest BCUT2D eigenvalue weighted by atomic mass is 10.2. The van der Waals surface area contributed by atoms with E-state index in [1.54, 1.807) is 44.7 Å². The molecule has 1 aromatic heterocycles. The summed E-state index contributed by atoms with van der Waals surface area (Å²) < 4.78 is 10.5. The molecule has 0 atom stereocenters. The van der Waals surface area contributed by atoms with E-state index >= 15 is 0 Å². The lowest BCUT2D eigenvalue weighted by Gasteiger charge is -2.08. The molecule has 1 N–H and O–H groups in total. The van der Waals surface area contributed by atoms with Gasteiger partial charge in [0.05, 0.1) is 19.9 Å². The van der Waals surface area contributed by atoms with Crippen LogP contribution in [0.4, 0.5) is 0 Å². The molecular weight excluding hydrogens is 294 g/mol. The van der Waals surface area contributed by atoms with Crippen LogP contribution in [0.5, 0.6) is 11.5 Å². The average Bonchev–Trinajstić information content (AvgIpc) is 2.96. The van der Waals surface area contributed by atoms with E-state index in [4.69, 9.17) is 9.47 Å². The summed E-state index contributed by atoms with van der Waals surface area (Å²) in [6.07, 6.45) is 3.30. The number of aromatic nitrogens is 1. The number of carbonyl (C=O) groups excluding carboxylic acids is 1. The van der Waals surface area contributed by atoms with Gasteiger partial charge in [0.25, 0.3) is 5.91 Å². The molecule has 1 aromatic carbocycles. The Morgan fingerprint density at radius 2 is 1.83 bits per heavy atom. The maximum Gasteiger partial charge on any atom is 0.275 e. The Hall–Kier alpha value is -3.15. The number of amidine groups is 1. The van der Waals surface area contributed by atoms with Crippen LogP contribution in [0.2, 0.25) is 0 Å². The van der Waals surface area contributed by atoms with Crippen molar-refractivity contribution in [1.82, 2.24) is 10.3 Å². The maximum atomic E-state index is 12.1. The van der Waals surface area contributed by atoms with Crippen LogP contribution in [0.15, 0.2) is 53.3 Å². The van der Waals surface area contributed by atoms with Crippen LogP contribution in [-0.2, 0) is 4.79 Å². The lowest BCUT2D eigenvalue weighted by molar-refractivity contribution is -0.115. The van der Waals surface area contributed by atoms with Crippen LogP contribution < -0.4 is 14.8 Å². The number of ether oxygens (including phenoxy) is 2. The first-order chi connectivity index (χ1) is 11.2. The molecule has 0 bridgehead atoms. The smallest absolute Gasteiger partial charge is 0.275 e. The van der Waals surface area contributed by atoms with Crippen molar-refractivity contribution in [3.8, 4) is 11.5 Å². The molecular formula is C17H15N3O3. The Morgan fingerprint density at radius 3 is 2.43 bits per heavy atom. The highest BCUT2D eigenvalue weighted by molar-refractivity contribution is 6.19. The van der Waals surface area contributed by atoms with E-state index in [0.29, 0.717) is 34.3 Å². The Balaban J connectivity index is 1.97. The number of hydrogen-bond acceptors (Lipinski definition) is 5. The van der Waals surface area contributed by atoms with Gasteiger partial charge in [0.15, 0.2) is 0 Å². The van der Waals surface area contributed by atoms with E-state index < -0.39 is 0 Å². The topological polar surface area (TPSA) is 72.8 Å². The summed E-state index contributed by atoms with van der Waals surface area (Å²) in [6.45, 7) is 0. The molecule has 23 heavy (non-hydrogen) atoms. The van der Waals surface area contributed by atoms with Gasteiger partial charge in [0.2, 0.25) is 0 Å². The first-order valence-electron chi connectivity index (χ1n) is 6.96. The van der Waals surface area contributed by atoms with Crippen molar-refractivity contribution in [3.05, 3.63) is 59.5 Å². The number of nitrogens with zero attached hydrogens (tertiary/aromatic N) is 2. The molecule has 2 heterocycles. The summed E-state index contributed by atoms with van der Waals surface area (Å²) in [7, 11) is 3.14. The van der Waals surface area contributed by atoms with E-state index in [1.807, 2.05) is 18.2 Å². The number of nitrogens with one attached hydrogen (secondary N) is 1. The standard InChI is InChI=1S/C17H15N3O3/c1-22-13-7-11(8-14(10-13)23-2)16-19-15(17(21)20-16)9-12-5-3-4-6-18-12/h3-10H,1-2H3,(H,19,20,21)/b15-9+. The van der Waals surface area contributed by atoms with Crippen LogP contribution in [0, 0.1) is 0 Å². The molecule has 0 saturated heterocycles. The van der Waals surface area contributed by atoms with Gasteiger partial charge in [-0.3, -0.25) is 9.78 Å². The van der Waals surface area contributed by atoms with Crippen LogP contribution in [0.1, 0.15) is 11.3 Å². The van der Waals surface area contributed by atoms with Crippen molar-refractivity contribution in [2.45, 2.75) is 0 Å². The molecule has 0 unspecified atom stereocenters. The number of amides is 1. The van der Waals surface area contributed by atoms with Crippen LogP contribution in [0.25, 0.3) is 6.08 Å². The monoisotopic (exact) mass is 309 g/mol. The average molecular weight is 309 g/mol. The molecule has 2 aromatic rings. The predicted octanol–water partition coefficient (Wildman–Crippen LogP) is 2.02. The number of rotatable bonds is 4. The summed E-state index contributed by atoms with van der Waals surface area (Å²) in [4.78, 5) is 20.6. The SMILES string of the molecule is COc1cc(OC)cc(C2=N/C(=C/c3ccccn3)C(=O)N2)c1. The fraction of sp³-hybridized carbons (Fsp3) is 0.118. The third-order valence-corrected chi connectivity index (χ3v) is 3.29. The molecule has 0 spiro atoms. The zero-order valence-corrected chi connectivity index (χ0v) is 12.7. The first kappa shape index (κ1) is 14.8. The zero-order valence-electron chi connectivity index (χ0n) is 12.7. The van der Waals surface area contributed by atoms with Gasteiger partial charge in [0.1, 0.15) is 23.0 Å². The number of aliphatic imine (C=N–C) groups is 1. The van der Waals surface area contributed by atoms with Crippen molar-refractivity contribution in [2.24, 2.45) is 4.99 Å². The predicted molar refractivity (Wildman–Crippen MR) is 86.4 cm³/mol. The number of carbonyl (C=O) groups is 1. The van der Waals surface area contributed by atoms with Gasteiger partial charge < -0.3 is 14.8 Å². The van der Waals surface area contributed by atoms with Gasteiger partial charge in [-0.05, 0) is 30.3 Å². The fourth-order valence-electron chi connectivity index (χ4n) is 2.15. The Bertz CT molecular complexity index is 776. The van der Waals surface area contributed by atoms with Crippen LogP contribution >= 0.6 is 0 Å². The summed E-state index contributed by atoms with van der Waals surface area (Å²) in [5.74, 6) is 1.43. The van der Waals surface area contributed by atoms with E-state index in [2.05, 4.69) is 15.3 Å². The molecule has 1 aliphatic heterocycles. The van der Waals surface area contributed by atoms with Crippen molar-refractivity contribution >= 4 is 17.8 Å². The van der Waals surface area contributed by atoms with Crippen molar-refractivity contribution in [2.75, 3.05) is 14.2 Å². The van der Waals surface area contributed by atoms with Gasteiger partial charge in [-0.15, -0.1) is 0 Å². The minimum atomic E-state index is -0.271. The molecule has 6 heteroatoms. The van der Waals surface area contributed by atoms with E-state index in [1.165, 1.54) is 0 Å². The zero-order chi connectivity index (χ0) is 16.2.